The van der Waals surface area contributed by atoms with Crippen LogP contribution in [-0.2, 0) is 11.3 Å². The molecule has 5 heteroatoms. The van der Waals surface area contributed by atoms with Crippen LogP contribution >= 0.6 is 0 Å². The van der Waals surface area contributed by atoms with E-state index >= 15 is 0 Å². The number of nitrogens with zero attached hydrogens (tertiary/aromatic N) is 1. The summed E-state index contributed by atoms with van der Waals surface area (Å²) in [5.74, 6) is 1.96. The topological polar surface area (TPSA) is 65.5 Å². The predicted molar refractivity (Wildman–Crippen MR) is 84.0 cm³/mol. The minimum atomic E-state index is -0.428. The average Bonchev–Trinajstić information content (AvgIpc) is 3.08. The third-order valence-corrected chi connectivity index (χ3v) is 3.51. The molecule has 2 aromatic heterocycles. The molecule has 3 rings (SSSR count). The molecule has 3 aromatic rings. The normalized spacial score (nSPS) is 10.7. The number of aromatic nitrogens is 1. The van der Waals surface area contributed by atoms with Crippen LogP contribution < -0.4 is 0 Å². The number of hydrogen-bond donors (Lipinski definition) is 0. The van der Waals surface area contributed by atoms with Crippen LogP contribution in [0.25, 0.3) is 11.5 Å². The Kier molecular flexibility index (Phi) is 4.02. The van der Waals surface area contributed by atoms with Crippen molar-refractivity contribution >= 4 is 5.97 Å². The Morgan fingerprint density at radius 2 is 1.83 bits per heavy atom. The molecule has 0 bridgehead atoms. The quantitative estimate of drug-likeness (QED) is 0.675. The van der Waals surface area contributed by atoms with Gasteiger partial charge < -0.3 is 13.6 Å². The molecule has 0 aliphatic carbocycles. The monoisotopic (exact) mass is 311 g/mol. The molecule has 0 spiro atoms. The highest BCUT2D eigenvalue weighted by molar-refractivity contribution is 5.90. The molecule has 0 saturated carbocycles. The number of rotatable bonds is 4. The largest absolute Gasteiger partial charge is 0.466 e. The minimum Gasteiger partial charge on any atom is -0.466 e. The molecule has 1 aromatic carbocycles. The van der Waals surface area contributed by atoms with E-state index in [2.05, 4.69) is 4.98 Å². The molecule has 0 atom stereocenters. The Morgan fingerprint density at radius 3 is 2.48 bits per heavy atom. The Labute approximate surface area is 133 Å². The van der Waals surface area contributed by atoms with Crippen LogP contribution in [0, 0.1) is 20.8 Å². The van der Waals surface area contributed by atoms with Gasteiger partial charge in [0.25, 0.3) is 0 Å². The summed E-state index contributed by atoms with van der Waals surface area (Å²) in [6.07, 6.45) is 0. The molecule has 0 unspecified atom stereocenters. The van der Waals surface area contributed by atoms with Crippen LogP contribution in [0.2, 0.25) is 0 Å². The van der Waals surface area contributed by atoms with Gasteiger partial charge in [-0.05, 0) is 39.0 Å². The van der Waals surface area contributed by atoms with Gasteiger partial charge in [-0.1, -0.05) is 18.2 Å². The molecule has 0 N–H and O–H groups in total. The summed E-state index contributed by atoms with van der Waals surface area (Å²) in [6, 6.07) is 11.3. The van der Waals surface area contributed by atoms with E-state index < -0.39 is 5.97 Å². The second kappa shape index (κ2) is 6.12. The highest BCUT2D eigenvalue weighted by Crippen LogP contribution is 2.22. The van der Waals surface area contributed by atoms with E-state index in [9.17, 15) is 4.79 Å². The lowest BCUT2D eigenvalue weighted by molar-refractivity contribution is 0.0465. The van der Waals surface area contributed by atoms with Gasteiger partial charge in [0.1, 0.15) is 35.1 Å². The van der Waals surface area contributed by atoms with Crippen molar-refractivity contribution in [1.82, 2.24) is 4.98 Å². The second-order valence-corrected chi connectivity index (χ2v) is 5.29. The van der Waals surface area contributed by atoms with E-state index in [0.717, 1.165) is 5.56 Å². The van der Waals surface area contributed by atoms with Crippen molar-refractivity contribution in [2.45, 2.75) is 27.4 Å². The van der Waals surface area contributed by atoms with Gasteiger partial charge in [-0.3, -0.25) is 0 Å². The third kappa shape index (κ3) is 3.18. The lowest BCUT2D eigenvalue weighted by Crippen LogP contribution is -2.06. The Hall–Kier alpha value is -2.82. The highest BCUT2D eigenvalue weighted by atomic mass is 16.5. The maximum atomic E-state index is 12.1. The molecule has 0 radical (unpaired) electrons. The van der Waals surface area contributed by atoms with E-state index in [1.807, 2.05) is 30.3 Å². The molecular weight excluding hydrogens is 294 g/mol. The fraction of sp³-hybridized carbons (Fsp3) is 0.222. The van der Waals surface area contributed by atoms with Crippen molar-refractivity contribution in [3.63, 3.8) is 0 Å². The third-order valence-electron chi connectivity index (χ3n) is 3.51. The first kappa shape index (κ1) is 15.1. The van der Waals surface area contributed by atoms with E-state index in [0.29, 0.717) is 34.4 Å². The van der Waals surface area contributed by atoms with Gasteiger partial charge in [-0.25, -0.2) is 9.78 Å². The SMILES string of the molecule is Cc1cc(C(=O)OCc2nc(-c3ccccc3)oc2C)c(C)o1. The number of ether oxygens (including phenoxy) is 1. The Balaban J connectivity index is 1.73. The zero-order chi connectivity index (χ0) is 16.4. The Morgan fingerprint density at radius 1 is 1.09 bits per heavy atom. The minimum absolute atomic E-state index is 0.0602. The first-order valence-electron chi connectivity index (χ1n) is 7.30. The van der Waals surface area contributed by atoms with Crippen LogP contribution in [0.4, 0.5) is 0 Å². The molecule has 0 saturated heterocycles. The Bertz CT molecular complexity index is 830. The summed E-state index contributed by atoms with van der Waals surface area (Å²) < 4.78 is 16.3. The van der Waals surface area contributed by atoms with Crippen LogP contribution in [0.15, 0.2) is 45.2 Å². The van der Waals surface area contributed by atoms with Crippen molar-refractivity contribution in [1.29, 1.82) is 0 Å². The van der Waals surface area contributed by atoms with E-state index in [1.54, 1.807) is 26.8 Å². The van der Waals surface area contributed by atoms with Crippen molar-refractivity contribution < 1.29 is 18.4 Å². The number of esters is 1. The predicted octanol–water partition coefficient (Wildman–Crippen LogP) is 4.22. The second-order valence-electron chi connectivity index (χ2n) is 5.29. The maximum absolute atomic E-state index is 12.1. The number of carbonyl (C=O) groups excluding carboxylic acids is 1. The molecule has 118 valence electrons. The number of oxazole rings is 1. The van der Waals surface area contributed by atoms with Gasteiger partial charge >= 0.3 is 5.97 Å². The summed E-state index contributed by atoms with van der Waals surface area (Å²) in [6.45, 7) is 5.39. The molecular formula is C18H17NO4. The number of hydrogen-bond acceptors (Lipinski definition) is 5. The van der Waals surface area contributed by atoms with E-state index in [4.69, 9.17) is 13.6 Å². The average molecular weight is 311 g/mol. The number of furan rings is 1. The molecule has 23 heavy (non-hydrogen) atoms. The molecule has 5 nitrogen and oxygen atoms in total. The molecule has 2 heterocycles. The maximum Gasteiger partial charge on any atom is 0.342 e. The van der Waals surface area contributed by atoms with Gasteiger partial charge in [0.15, 0.2) is 0 Å². The van der Waals surface area contributed by atoms with Crippen LogP contribution in [0.5, 0.6) is 0 Å². The smallest absolute Gasteiger partial charge is 0.342 e. The summed E-state index contributed by atoms with van der Waals surface area (Å²) in [5.41, 5.74) is 1.93. The standard InChI is InChI=1S/C18H17NO4/c1-11-9-15(12(2)22-11)18(20)21-10-16-13(3)23-17(19-16)14-7-5-4-6-8-14/h4-9H,10H2,1-3H3. The van der Waals surface area contributed by atoms with Crippen molar-refractivity contribution in [3.8, 4) is 11.5 Å². The first-order chi connectivity index (χ1) is 11.0. The zero-order valence-electron chi connectivity index (χ0n) is 13.3. The van der Waals surface area contributed by atoms with Crippen molar-refractivity contribution in [2.75, 3.05) is 0 Å². The van der Waals surface area contributed by atoms with Crippen LogP contribution in [-0.4, -0.2) is 11.0 Å². The number of aryl methyl sites for hydroxylation is 3. The fourth-order valence-corrected chi connectivity index (χ4v) is 2.31. The zero-order valence-corrected chi connectivity index (χ0v) is 13.3. The summed E-state index contributed by atoms with van der Waals surface area (Å²) >= 11 is 0. The summed E-state index contributed by atoms with van der Waals surface area (Å²) in [4.78, 5) is 16.5. The lowest BCUT2D eigenvalue weighted by Gasteiger charge is -2.01. The van der Waals surface area contributed by atoms with Crippen molar-refractivity contribution in [2.24, 2.45) is 0 Å². The van der Waals surface area contributed by atoms with Crippen LogP contribution in [0.3, 0.4) is 0 Å². The molecule has 0 amide bonds. The molecule has 0 fully saturated rings. The van der Waals surface area contributed by atoms with Crippen LogP contribution in [0.1, 0.15) is 33.3 Å². The van der Waals surface area contributed by atoms with Gasteiger partial charge in [0, 0.05) is 5.56 Å². The molecule has 0 aliphatic rings. The van der Waals surface area contributed by atoms with Crippen molar-refractivity contribution in [3.05, 3.63) is 64.9 Å². The van der Waals surface area contributed by atoms with E-state index in [1.165, 1.54) is 0 Å². The summed E-state index contributed by atoms with van der Waals surface area (Å²) in [7, 11) is 0. The first-order valence-corrected chi connectivity index (χ1v) is 7.30. The summed E-state index contributed by atoms with van der Waals surface area (Å²) in [5, 5.41) is 0. The lowest BCUT2D eigenvalue weighted by atomic mass is 10.2. The number of benzene rings is 1. The van der Waals surface area contributed by atoms with Gasteiger partial charge in [-0.15, -0.1) is 0 Å². The van der Waals surface area contributed by atoms with Gasteiger partial charge in [0.2, 0.25) is 5.89 Å². The van der Waals surface area contributed by atoms with E-state index in [-0.39, 0.29) is 6.61 Å². The fourth-order valence-electron chi connectivity index (χ4n) is 2.31. The van der Waals surface area contributed by atoms with Gasteiger partial charge in [-0.2, -0.15) is 0 Å². The van der Waals surface area contributed by atoms with Gasteiger partial charge in [0.05, 0.1) is 0 Å². The molecule has 0 aliphatic heterocycles. The number of carbonyl (C=O) groups is 1. The highest BCUT2D eigenvalue weighted by Gasteiger charge is 2.17.